The topological polar surface area (TPSA) is 49.6 Å². The highest BCUT2D eigenvalue weighted by Gasteiger charge is 2.30. The Kier molecular flexibility index (Phi) is 4.91. The molecule has 4 heterocycles. The number of imidazole rings is 1. The molecular formula is C22H28N4OS. The van der Waals surface area contributed by atoms with E-state index >= 15 is 0 Å². The number of piperidine rings is 1. The summed E-state index contributed by atoms with van der Waals surface area (Å²) in [6.07, 6.45) is 4.11. The molecule has 0 radical (unpaired) electrons. The van der Waals surface area contributed by atoms with Crippen molar-refractivity contribution in [2.45, 2.75) is 52.0 Å². The molecule has 3 aromatic heterocycles. The maximum absolute atomic E-state index is 13.0. The molecule has 3 aromatic rings. The normalized spacial score (nSPS) is 17.9. The van der Waals surface area contributed by atoms with Gasteiger partial charge in [-0.15, -0.1) is 11.3 Å². The lowest BCUT2D eigenvalue weighted by atomic mass is 9.93. The summed E-state index contributed by atoms with van der Waals surface area (Å²) in [6, 6.07) is 8.08. The molecule has 4 rings (SSSR count). The molecule has 1 N–H and O–H groups in total. The number of thiophene rings is 1. The molecule has 1 unspecified atom stereocenters. The van der Waals surface area contributed by atoms with Gasteiger partial charge in [0.1, 0.15) is 11.5 Å². The Bertz CT molecular complexity index is 998. The Hall–Kier alpha value is -2.34. The maximum atomic E-state index is 13.0. The van der Waals surface area contributed by atoms with Crippen LogP contribution in [-0.4, -0.2) is 38.8 Å². The SMILES string of the molecule is Cc1cc(C(=O)N2CCCC(c3nc4ccccn4c3NC(C)(C)C)C2)cs1. The zero-order valence-electron chi connectivity index (χ0n) is 17.0. The molecule has 5 nitrogen and oxygen atoms in total. The van der Waals surface area contributed by atoms with Gasteiger partial charge in [0.15, 0.2) is 0 Å². The van der Waals surface area contributed by atoms with E-state index in [9.17, 15) is 4.79 Å². The monoisotopic (exact) mass is 396 g/mol. The number of aryl methyl sites for hydroxylation is 1. The molecule has 6 heteroatoms. The van der Waals surface area contributed by atoms with Crippen molar-refractivity contribution < 1.29 is 4.79 Å². The summed E-state index contributed by atoms with van der Waals surface area (Å²) in [5, 5.41) is 5.62. The summed E-state index contributed by atoms with van der Waals surface area (Å²) < 4.78 is 2.13. The average molecular weight is 397 g/mol. The standard InChI is InChI=1S/C22H28N4OS/c1-15-12-17(14-28-15)21(27)25-10-7-8-16(13-25)19-20(24-22(2,3)4)26-11-6-5-9-18(26)23-19/h5-6,9,11-12,14,16,24H,7-8,10,13H2,1-4H3. The number of aromatic nitrogens is 2. The fourth-order valence-corrected chi connectivity index (χ4v) is 4.58. The average Bonchev–Trinajstić information content (AvgIpc) is 3.24. The van der Waals surface area contributed by atoms with Crippen LogP contribution in [-0.2, 0) is 0 Å². The molecule has 1 fully saturated rings. The van der Waals surface area contributed by atoms with Gasteiger partial charge in [0.2, 0.25) is 0 Å². The molecule has 28 heavy (non-hydrogen) atoms. The first kappa shape index (κ1) is 19.0. The highest BCUT2D eigenvalue weighted by Crippen LogP contribution is 2.34. The Morgan fingerprint density at radius 2 is 2.14 bits per heavy atom. The Morgan fingerprint density at radius 3 is 2.86 bits per heavy atom. The van der Waals surface area contributed by atoms with Gasteiger partial charge in [-0.3, -0.25) is 9.20 Å². The van der Waals surface area contributed by atoms with E-state index in [-0.39, 0.29) is 17.4 Å². The Labute approximate surface area is 170 Å². The molecule has 1 saturated heterocycles. The highest BCUT2D eigenvalue weighted by atomic mass is 32.1. The van der Waals surface area contributed by atoms with Gasteiger partial charge in [-0.05, 0) is 58.7 Å². The van der Waals surface area contributed by atoms with Gasteiger partial charge >= 0.3 is 0 Å². The second-order valence-corrected chi connectivity index (χ2v) is 9.80. The van der Waals surface area contributed by atoms with Crippen molar-refractivity contribution in [3.05, 3.63) is 52.0 Å². The first-order valence-electron chi connectivity index (χ1n) is 9.91. The number of likely N-dealkylation sites (tertiary alicyclic amines) is 1. The fraction of sp³-hybridized carbons (Fsp3) is 0.455. The van der Waals surface area contributed by atoms with E-state index in [2.05, 4.69) is 36.7 Å². The van der Waals surface area contributed by atoms with Gasteiger partial charge in [-0.1, -0.05) is 6.07 Å². The van der Waals surface area contributed by atoms with E-state index in [1.165, 1.54) is 4.88 Å². The van der Waals surface area contributed by atoms with E-state index in [0.717, 1.165) is 48.7 Å². The Balaban J connectivity index is 1.65. The zero-order chi connectivity index (χ0) is 19.9. The van der Waals surface area contributed by atoms with Crippen molar-refractivity contribution in [3.8, 4) is 0 Å². The van der Waals surface area contributed by atoms with Crippen LogP contribution in [0.3, 0.4) is 0 Å². The number of pyridine rings is 1. The number of nitrogens with one attached hydrogen (secondary N) is 1. The lowest BCUT2D eigenvalue weighted by Gasteiger charge is -2.33. The van der Waals surface area contributed by atoms with Gasteiger partial charge in [0.05, 0.1) is 11.3 Å². The molecule has 148 valence electrons. The summed E-state index contributed by atoms with van der Waals surface area (Å²) in [4.78, 5) is 21.1. The van der Waals surface area contributed by atoms with E-state index in [4.69, 9.17) is 4.98 Å². The quantitative estimate of drug-likeness (QED) is 0.683. The van der Waals surface area contributed by atoms with Gasteiger partial charge in [-0.25, -0.2) is 4.98 Å². The van der Waals surface area contributed by atoms with Crippen LogP contribution in [0.25, 0.3) is 5.65 Å². The maximum Gasteiger partial charge on any atom is 0.254 e. The molecule has 1 atom stereocenters. The fourth-order valence-electron chi connectivity index (χ4n) is 3.90. The van der Waals surface area contributed by atoms with Crippen LogP contribution < -0.4 is 5.32 Å². The predicted octanol–water partition coefficient (Wildman–Crippen LogP) is 4.93. The second kappa shape index (κ2) is 7.24. The summed E-state index contributed by atoms with van der Waals surface area (Å²) in [5.41, 5.74) is 2.76. The van der Waals surface area contributed by atoms with Crippen LogP contribution >= 0.6 is 11.3 Å². The summed E-state index contributed by atoms with van der Waals surface area (Å²) in [5.74, 6) is 1.43. The minimum atomic E-state index is -0.0705. The number of carbonyl (C=O) groups excluding carboxylic acids is 1. The summed E-state index contributed by atoms with van der Waals surface area (Å²) in [6.45, 7) is 10.1. The van der Waals surface area contributed by atoms with E-state index in [1.807, 2.05) is 41.5 Å². The number of carbonyl (C=O) groups is 1. The third kappa shape index (κ3) is 3.78. The van der Waals surface area contributed by atoms with Crippen molar-refractivity contribution in [3.63, 3.8) is 0 Å². The van der Waals surface area contributed by atoms with Crippen LogP contribution in [0.5, 0.6) is 0 Å². The lowest BCUT2D eigenvalue weighted by molar-refractivity contribution is 0.0706. The number of amides is 1. The van der Waals surface area contributed by atoms with Crippen molar-refractivity contribution in [2.24, 2.45) is 0 Å². The van der Waals surface area contributed by atoms with Gasteiger partial charge in [0, 0.05) is 41.0 Å². The number of hydrogen-bond acceptors (Lipinski definition) is 4. The van der Waals surface area contributed by atoms with Crippen LogP contribution in [0.15, 0.2) is 35.8 Å². The minimum Gasteiger partial charge on any atom is -0.365 e. The van der Waals surface area contributed by atoms with Gasteiger partial charge in [0.25, 0.3) is 5.91 Å². The van der Waals surface area contributed by atoms with E-state index in [0.29, 0.717) is 0 Å². The number of rotatable bonds is 3. The molecule has 1 amide bonds. The molecule has 0 aromatic carbocycles. The van der Waals surface area contributed by atoms with Crippen LogP contribution in [0.2, 0.25) is 0 Å². The number of nitrogens with zero attached hydrogens (tertiary/aromatic N) is 3. The van der Waals surface area contributed by atoms with Crippen molar-refractivity contribution in [2.75, 3.05) is 18.4 Å². The molecule has 1 aliphatic rings. The first-order chi connectivity index (χ1) is 13.3. The molecule has 1 aliphatic heterocycles. The molecule has 0 aliphatic carbocycles. The van der Waals surface area contributed by atoms with Gasteiger partial charge in [-0.2, -0.15) is 0 Å². The number of fused-ring (bicyclic) bond motifs is 1. The largest absolute Gasteiger partial charge is 0.365 e. The number of anilines is 1. The number of hydrogen-bond donors (Lipinski definition) is 1. The smallest absolute Gasteiger partial charge is 0.254 e. The first-order valence-corrected chi connectivity index (χ1v) is 10.8. The third-order valence-corrected chi connectivity index (χ3v) is 5.98. The molecule has 0 bridgehead atoms. The third-order valence-electron chi connectivity index (χ3n) is 5.12. The van der Waals surface area contributed by atoms with E-state index < -0.39 is 0 Å². The van der Waals surface area contributed by atoms with Gasteiger partial charge < -0.3 is 10.2 Å². The molecule has 0 spiro atoms. The van der Waals surface area contributed by atoms with E-state index in [1.54, 1.807) is 11.3 Å². The summed E-state index contributed by atoms with van der Waals surface area (Å²) in [7, 11) is 0. The second-order valence-electron chi connectivity index (χ2n) is 8.69. The molecule has 0 saturated carbocycles. The van der Waals surface area contributed by atoms with Crippen LogP contribution in [0, 0.1) is 6.92 Å². The predicted molar refractivity (Wildman–Crippen MR) is 116 cm³/mol. The van der Waals surface area contributed by atoms with Crippen molar-refractivity contribution in [1.29, 1.82) is 0 Å². The van der Waals surface area contributed by atoms with Crippen LogP contribution in [0.1, 0.15) is 60.5 Å². The van der Waals surface area contributed by atoms with Crippen molar-refractivity contribution in [1.82, 2.24) is 14.3 Å². The van der Waals surface area contributed by atoms with Crippen molar-refractivity contribution >= 4 is 28.7 Å². The lowest BCUT2D eigenvalue weighted by Crippen LogP contribution is -2.39. The zero-order valence-corrected chi connectivity index (χ0v) is 17.8. The molecular weight excluding hydrogens is 368 g/mol. The minimum absolute atomic E-state index is 0.0705. The summed E-state index contributed by atoms with van der Waals surface area (Å²) >= 11 is 1.63. The Morgan fingerprint density at radius 1 is 1.32 bits per heavy atom. The highest BCUT2D eigenvalue weighted by molar-refractivity contribution is 7.10. The van der Waals surface area contributed by atoms with Crippen LogP contribution in [0.4, 0.5) is 5.82 Å².